The van der Waals surface area contributed by atoms with E-state index in [0.29, 0.717) is 0 Å². The van der Waals surface area contributed by atoms with Crippen LogP contribution in [-0.4, -0.2) is 67.0 Å². The molecule has 5 atom stereocenters. The SMILES string of the molecule is CC(=O)NC1C(OC(C)=O)[C@@H](OC(C)=O)C(COC(C)=O)O[C@H]1OC(C)=O. The first-order chi connectivity index (χ1) is 12.5. The van der Waals surface area contributed by atoms with E-state index in [1.165, 1.54) is 6.92 Å². The molecule has 0 aliphatic carbocycles. The summed E-state index contributed by atoms with van der Waals surface area (Å²) in [6, 6.07) is -1.16. The van der Waals surface area contributed by atoms with Gasteiger partial charge in [0.2, 0.25) is 12.2 Å². The lowest BCUT2D eigenvalue weighted by Gasteiger charge is -2.44. The molecule has 27 heavy (non-hydrogen) atoms. The zero-order chi connectivity index (χ0) is 20.7. The average molecular weight is 389 g/mol. The van der Waals surface area contributed by atoms with Gasteiger partial charge in [0.05, 0.1) is 0 Å². The minimum Gasteiger partial charge on any atom is -0.463 e. The van der Waals surface area contributed by atoms with Crippen LogP contribution in [-0.2, 0) is 47.7 Å². The molecule has 152 valence electrons. The topological polar surface area (TPSA) is 144 Å². The maximum Gasteiger partial charge on any atom is 0.305 e. The highest BCUT2D eigenvalue weighted by Gasteiger charge is 2.52. The van der Waals surface area contributed by atoms with Gasteiger partial charge in [0, 0.05) is 34.6 Å². The number of hydrogen-bond acceptors (Lipinski definition) is 10. The van der Waals surface area contributed by atoms with Crippen LogP contribution in [0.4, 0.5) is 0 Å². The molecule has 0 aromatic carbocycles. The Hall–Kier alpha value is -2.69. The fourth-order valence-corrected chi connectivity index (χ4v) is 2.55. The molecular weight excluding hydrogens is 366 g/mol. The summed E-state index contributed by atoms with van der Waals surface area (Å²) in [6.07, 6.45) is -4.97. The van der Waals surface area contributed by atoms with Crippen LogP contribution < -0.4 is 5.32 Å². The highest BCUT2D eigenvalue weighted by atomic mass is 16.7. The molecule has 1 saturated heterocycles. The number of carbonyl (C=O) groups is 5. The first-order valence-electron chi connectivity index (χ1n) is 8.08. The van der Waals surface area contributed by atoms with Crippen LogP contribution in [0.2, 0.25) is 0 Å². The quantitative estimate of drug-likeness (QED) is 0.453. The van der Waals surface area contributed by atoms with Crippen LogP contribution in [0.1, 0.15) is 34.6 Å². The predicted molar refractivity (Wildman–Crippen MR) is 85.8 cm³/mol. The molecule has 1 rings (SSSR count). The molecule has 0 spiro atoms. The second kappa shape index (κ2) is 9.86. The Bertz CT molecular complexity index is 604. The lowest BCUT2D eigenvalue weighted by atomic mass is 9.96. The van der Waals surface area contributed by atoms with Crippen LogP contribution in [0.5, 0.6) is 0 Å². The molecule has 1 aliphatic heterocycles. The van der Waals surface area contributed by atoms with Gasteiger partial charge in [-0.2, -0.15) is 0 Å². The Labute approximate surface area is 155 Å². The van der Waals surface area contributed by atoms with Gasteiger partial charge in [0.25, 0.3) is 0 Å². The summed E-state index contributed by atoms with van der Waals surface area (Å²) in [7, 11) is 0. The Balaban J connectivity index is 3.29. The number of carbonyl (C=O) groups excluding carboxylic acids is 5. The molecule has 1 amide bonds. The lowest BCUT2D eigenvalue weighted by Crippen LogP contribution is -2.66. The number of hydrogen-bond donors (Lipinski definition) is 1. The van der Waals surface area contributed by atoms with E-state index < -0.39 is 60.4 Å². The molecular formula is C16H23NO10. The molecule has 0 aromatic heterocycles. The van der Waals surface area contributed by atoms with E-state index in [1.807, 2.05) is 0 Å². The minimum atomic E-state index is -1.37. The zero-order valence-electron chi connectivity index (χ0n) is 15.7. The van der Waals surface area contributed by atoms with Gasteiger partial charge in [0.15, 0.2) is 12.2 Å². The van der Waals surface area contributed by atoms with Crippen LogP contribution in [0.15, 0.2) is 0 Å². The molecule has 3 unspecified atom stereocenters. The van der Waals surface area contributed by atoms with Crippen molar-refractivity contribution in [1.82, 2.24) is 5.32 Å². The third-order valence-electron chi connectivity index (χ3n) is 3.35. The van der Waals surface area contributed by atoms with E-state index in [-0.39, 0.29) is 6.61 Å². The van der Waals surface area contributed by atoms with Gasteiger partial charge in [-0.25, -0.2) is 0 Å². The predicted octanol–water partition coefficient (Wildman–Crippen LogP) is -0.794. The fraction of sp³-hybridized carbons (Fsp3) is 0.688. The number of nitrogens with one attached hydrogen (secondary N) is 1. The first kappa shape index (κ1) is 22.4. The average Bonchev–Trinajstić information content (AvgIpc) is 2.49. The highest BCUT2D eigenvalue weighted by Crippen LogP contribution is 2.28. The molecule has 1 N–H and O–H groups in total. The Morgan fingerprint density at radius 3 is 1.74 bits per heavy atom. The van der Waals surface area contributed by atoms with Crippen LogP contribution >= 0.6 is 0 Å². The zero-order valence-corrected chi connectivity index (χ0v) is 15.7. The van der Waals surface area contributed by atoms with Gasteiger partial charge in [-0.05, 0) is 0 Å². The molecule has 1 aliphatic rings. The van der Waals surface area contributed by atoms with Gasteiger partial charge >= 0.3 is 23.9 Å². The highest BCUT2D eigenvalue weighted by molar-refractivity contribution is 5.74. The van der Waals surface area contributed by atoms with Gasteiger partial charge < -0.3 is 29.0 Å². The van der Waals surface area contributed by atoms with Crippen LogP contribution in [0.25, 0.3) is 0 Å². The largest absolute Gasteiger partial charge is 0.463 e. The van der Waals surface area contributed by atoms with Crippen molar-refractivity contribution in [3.8, 4) is 0 Å². The number of esters is 4. The first-order valence-corrected chi connectivity index (χ1v) is 8.08. The van der Waals surface area contributed by atoms with Crippen molar-refractivity contribution in [2.75, 3.05) is 6.61 Å². The Morgan fingerprint density at radius 2 is 1.30 bits per heavy atom. The van der Waals surface area contributed by atoms with Crippen molar-refractivity contribution >= 4 is 29.8 Å². The van der Waals surface area contributed by atoms with Crippen LogP contribution in [0, 0.1) is 0 Å². The molecule has 0 radical (unpaired) electrons. The lowest BCUT2D eigenvalue weighted by molar-refractivity contribution is -0.270. The summed E-state index contributed by atoms with van der Waals surface area (Å²) in [5, 5.41) is 2.46. The number of ether oxygens (including phenoxy) is 5. The van der Waals surface area contributed by atoms with Crippen molar-refractivity contribution in [2.45, 2.75) is 65.3 Å². The summed E-state index contributed by atoms with van der Waals surface area (Å²) < 4.78 is 25.9. The van der Waals surface area contributed by atoms with Crippen molar-refractivity contribution in [1.29, 1.82) is 0 Å². The summed E-state index contributed by atoms with van der Waals surface area (Å²) >= 11 is 0. The molecule has 0 saturated carbocycles. The third-order valence-corrected chi connectivity index (χ3v) is 3.35. The summed E-state index contributed by atoms with van der Waals surface area (Å²) in [5.74, 6) is -3.34. The normalized spacial score (nSPS) is 27.1. The third kappa shape index (κ3) is 7.21. The summed E-state index contributed by atoms with van der Waals surface area (Å²) in [4.78, 5) is 57.2. The van der Waals surface area contributed by atoms with Gasteiger partial charge in [-0.1, -0.05) is 0 Å². The van der Waals surface area contributed by atoms with Crippen LogP contribution in [0.3, 0.4) is 0 Å². The minimum absolute atomic E-state index is 0.365. The monoisotopic (exact) mass is 389 g/mol. The van der Waals surface area contributed by atoms with Crippen molar-refractivity contribution in [3.05, 3.63) is 0 Å². The maximum absolute atomic E-state index is 11.6. The van der Waals surface area contributed by atoms with Crippen molar-refractivity contribution in [3.63, 3.8) is 0 Å². The van der Waals surface area contributed by atoms with Crippen molar-refractivity contribution < 1.29 is 47.7 Å². The fourth-order valence-electron chi connectivity index (χ4n) is 2.55. The van der Waals surface area contributed by atoms with Gasteiger partial charge in [-0.3, -0.25) is 24.0 Å². The van der Waals surface area contributed by atoms with Gasteiger partial charge in [-0.15, -0.1) is 0 Å². The number of amides is 1. The molecule has 0 bridgehead atoms. The molecule has 11 nitrogen and oxygen atoms in total. The van der Waals surface area contributed by atoms with E-state index in [2.05, 4.69) is 5.32 Å². The van der Waals surface area contributed by atoms with E-state index >= 15 is 0 Å². The standard InChI is InChI=1S/C16H23NO10/c1-7(18)17-13-15(25-10(4)21)14(24-9(3)20)12(6-23-8(2)19)27-16(13)26-11(5)22/h12-16H,6H2,1-5H3,(H,17,18)/t12?,13?,14-,15?,16+/m0/s1. The molecule has 1 fully saturated rings. The van der Waals surface area contributed by atoms with Gasteiger partial charge in [0.1, 0.15) is 18.8 Å². The molecule has 0 aromatic rings. The molecule has 1 heterocycles. The Kier molecular flexibility index (Phi) is 8.16. The van der Waals surface area contributed by atoms with E-state index in [4.69, 9.17) is 23.7 Å². The smallest absolute Gasteiger partial charge is 0.305 e. The Morgan fingerprint density at radius 1 is 0.778 bits per heavy atom. The van der Waals surface area contributed by atoms with E-state index in [9.17, 15) is 24.0 Å². The molecule has 11 heteroatoms. The second-order valence-electron chi connectivity index (χ2n) is 5.83. The second-order valence-corrected chi connectivity index (χ2v) is 5.83. The summed E-state index contributed by atoms with van der Waals surface area (Å²) in [6.45, 7) is 5.36. The van der Waals surface area contributed by atoms with E-state index in [1.54, 1.807) is 0 Å². The van der Waals surface area contributed by atoms with E-state index in [0.717, 1.165) is 27.7 Å². The number of rotatable bonds is 6. The van der Waals surface area contributed by atoms with Crippen molar-refractivity contribution in [2.24, 2.45) is 0 Å². The summed E-state index contributed by atoms with van der Waals surface area (Å²) in [5.41, 5.74) is 0. The maximum atomic E-state index is 11.6.